The molecule has 13 nitrogen and oxygen atoms in total. The highest BCUT2D eigenvalue weighted by atomic mass is 32.2. The fraction of sp³-hybridized carbons (Fsp3) is 0.500. The van der Waals surface area contributed by atoms with E-state index in [4.69, 9.17) is 9.97 Å². The molecule has 7 rings (SSSR count). The molecule has 2 aliphatic carbocycles. The first-order valence-corrected chi connectivity index (χ1v) is 17.7. The summed E-state index contributed by atoms with van der Waals surface area (Å²) in [6, 6.07) is 6.65. The minimum absolute atomic E-state index is 0.0631. The van der Waals surface area contributed by atoms with Crippen molar-refractivity contribution < 1.29 is 8.42 Å². The van der Waals surface area contributed by atoms with E-state index in [1.54, 1.807) is 6.33 Å². The lowest BCUT2D eigenvalue weighted by Crippen LogP contribution is -2.38. The average molecular weight is 642 g/mol. The van der Waals surface area contributed by atoms with Crippen LogP contribution < -0.4 is 9.62 Å². The van der Waals surface area contributed by atoms with E-state index < -0.39 is 10.0 Å². The number of hydrogen-bond donors (Lipinski definition) is 3. The molecule has 2 fully saturated rings. The van der Waals surface area contributed by atoms with Crippen LogP contribution in [-0.2, 0) is 10.0 Å². The van der Waals surface area contributed by atoms with Crippen molar-refractivity contribution in [2.45, 2.75) is 69.9 Å². The maximum Gasteiger partial charge on any atom is 0.211 e. The minimum Gasteiger partial charge on any atom is -0.356 e. The third-order valence-corrected chi connectivity index (χ3v) is 11.5. The van der Waals surface area contributed by atoms with Crippen molar-refractivity contribution in [2.75, 3.05) is 24.7 Å². The quantitative estimate of drug-likeness (QED) is 0.191. The van der Waals surface area contributed by atoms with Gasteiger partial charge < -0.3 is 14.9 Å². The molecular formula is C32H39N11O2S. The van der Waals surface area contributed by atoms with Crippen LogP contribution in [0.3, 0.4) is 0 Å². The maximum atomic E-state index is 12.1. The summed E-state index contributed by atoms with van der Waals surface area (Å²) in [6.07, 6.45) is 15.8. The Bertz CT molecular complexity index is 1990. The highest BCUT2D eigenvalue weighted by Crippen LogP contribution is 2.38. The third kappa shape index (κ3) is 5.85. The van der Waals surface area contributed by atoms with E-state index in [1.807, 2.05) is 35.4 Å². The Hall–Kier alpha value is -4.35. The monoisotopic (exact) mass is 641 g/mol. The number of fused-ring (bicyclic) bond motifs is 2. The van der Waals surface area contributed by atoms with E-state index >= 15 is 0 Å². The van der Waals surface area contributed by atoms with Gasteiger partial charge in [0.15, 0.2) is 5.82 Å². The molecular weight excluding hydrogens is 602 g/mol. The van der Waals surface area contributed by atoms with Crippen LogP contribution in [-0.4, -0.2) is 74.0 Å². The lowest BCUT2D eigenvalue weighted by atomic mass is 9.86. The molecule has 2 saturated carbocycles. The molecule has 5 aromatic rings. The molecule has 0 aromatic carbocycles. The lowest BCUT2D eigenvalue weighted by Gasteiger charge is -2.35. The van der Waals surface area contributed by atoms with Gasteiger partial charge in [-0.25, -0.2) is 33.1 Å². The van der Waals surface area contributed by atoms with Crippen molar-refractivity contribution in [3.05, 3.63) is 37.1 Å². The zero-order valence-electron chi connectivity index (χ0n) is 26.1. The second-order valence-corrected chi connectivity index (χ2v) is 14.7. The van der Waals surface area contributed by atoms with Crippen LogP contribution >= 0.6 is 0 Å². The summed E-state index contributed by atoms with van der Waals surface area (Å²) in [4.78, 5) is 27.9. The van der Waals surface area contributed by atoms with Crippen LogP contribution in [0.1, 0.15) is 63.8 Å². The smallest absolute Gasteiger partial charge is 0.211 e. The van der Waals surface area contributed by atoms with Crippen LogP contribution in [0.15, 0.2) is 37.1 Å². The zero-order valence-corrected chi connectivity index (χ0v) is 27.0. The van der Waals surface area contributed by atoms with E-state index in [0.717, 1.165) is 77.7 Å². The summed E-state index contributed by atoms with van der Waals surface area (Å²) in [5, 5.41) is 16.0. The first-order valence-electron chi connectivity index (χ1n) is 16.1. The molecule has 0 bridgehead atoms. The molecule has 0 amide bonds. The van der Waals surface area contributed by atoms with Crippen LogP contribution in [0.2, 0.25) is 0 Å². The summed E-state index contributed by atoms with van der Waals surface area (Å²) in [7, 11) is 0.311. The number of rotatable bonds is 10. The van der Waals surface area contributed by atoms with E-state index in [-0.39, 0.29) is 23.8 Å². The fourth-order valence-electron chi connectivity index (χ4n) is 7.42. The predicted octanol–water partition coefficient (Wildman–Crippen LogP) is 4.95. The number of nitriles is 1. The molecule has 0 saturated heterocycles. The molecule has 5 heterocycles. The number of aromatic nitrogens is 8. The normalized spacial score (nSPS) is 19.9. The number of nitrogens with zero attached hydrogens (tertiary/aromatic N) is 8. The Morgan fingerprint density at radius 2 is 1.91 bits per heavy atom. The second kappa shape index (κ2) is 12.4. The van der Waals surface area contributed by atoms with Gasteiger partial charge in [-0.1, -0.05) is 12.8 Å². The lowest BCUT2D eigenvalue weighted by molar-refractivity contribution is 0.315. The second-order valence-electron chi connectivity index (χ2n) is 12.7. The number of hydrogen-bond acceptors (Lipinski definition) is 9. The van der Waals surface area contributed by atoms with Gasteiger partial charge in [0.05, 0.1) is 47.3 Å². The minimum atomic E-state index is -3.23. The van der Waals surface area contributed by atoms with Gasteiger partial charge in [0, 0.05) is 36.4 Å². The summed E-state index contributed by atoms with van der Waals surface area (Å²) >= 11 is 0. The summed E-state index contributed by atoms with van der Waals surface area (Å²) < 4.78 is 28.6. The SMILES string of the molecule is CNS(=O)(=O)C[C@H]1CC[C@H](N(C)c2nc(-c3cc4c(-c5cnn([C@H](CC#N)C6CCCC6)c5)ncnc4[nH]3)nc3[nH]ccc23)CC1. The molecule has 14 heteroatoms. The van der Waals surface area contributed by atoms with E-state index in [9.17, 15) is 13.7 Å². The van der Waals surface area contributed by atoms with Gasteiger partial charge >= 0.3 is 0 Å². The van der Waals surface area contributed by atoms with Gasteiger partial charge in [0.2, 0.25) is 10.0 Å². The highest BCUT2D eigenvalue weighted by molar-refractivity contribution is 7.89. The number of anilines is 1. The molecule has 240 valence electrons. The Kier molecular flexibility index (Phi) is 8.20. The number of aromatic amines is 2. The maximum absolute atomic E-state index is 12.1. The van der Waals surface area contributed by atoms with E-state index in [0.29, 0.717) is 23.8 Å². The fourth-order valence-corrected chi connectivity index (χ4v) is 8.54. The van der Waals surface area contributed by atoms with Crippen LogP contribution in [0, 0.1) is 23.2 Å². The predicted molar refractivity (Wildman–Crippen MR) is 176 cm³/mol. The average Bonchev–Trinajstić information content (AvgIpc) is 3.89. The largest absolute Gasteiger partial charge is 0.356 e. The van der Waals surface area contributed by atoms with Gasteiger partial charge in [0.25, 0.3) is 0 Å². The Balaban J connectivity index is 1.17. The van der Waals surface area contributed by atoms with E-state index in [2.05, 4.69) is 47.8 Å². The number of nitrogens with one attached hydrogen (secondary N) is 3. The molecule has 0 spiro atoms. The number of sulfonamides is 1. The van der Waals surface area contributed by atoms with Crippen molar-refractivity contribution in [1.29, 1.82) is 5.26 Å². The molecule has 1 atom stereocenters. The van der Waals surface area contributed by atoms with Gasteiger partial charge in [-0.15, -0.1) is 0 Å². The van der Waals surface area contributed by atoms with Gasteiger partial charge in [0.1, 0.15) is 23.4 Å². The van der Waals surface area contributed by atoms with Gasteiger partial charge in [-0.3, -0.25) is 4.68 Å². The first-order chi connectivity index (χ1) is 22.3. The summed E-state index contributed by atoms with van der Waals surface area (Å²) in [5.74, 6) is 2.17. The molecule has 3 N–H and O–H groups in total. The van der Waals surface area contributed by atoms with E-state index in [1.165, 1.54) is 19.9 Å². The summed E-state index contributed by atoms with van der Waals surface area (Å²) in [6.45, 7) is 0. The van der Waals surface area contributed by atoms with Crippen molar-refractivity contribution in [3.8, 4) is 28.8 Å². The zero-order chi connectivity index (χ0) is 31.8. The third-order valence-electron chi connectivity index (χ3n) is 9.99. The first kappa shape index (κ1) is 30.3. The highest BCUT2D eigenvalue weighted by Gasteiger charge is 2.30. The van der Waals surface area contributed by atoms with Crippen LogP contribution in [0.25, 0.3) is 44.8 Å². The topological polar surface area (TPSA) is 174 Å². The number of H-pyrrole nitrogens is 2. The van der Waals surface area contributed by atoms with Gasteiger partial charge in [-0.2, -0.15) is 10.4 Å². The standard InChI is InChI=1S/C32H39N11O2S/c1-34-46(44,45)18-20-7-9-23(10-8-20)42(2)32-24-12-14-35-29(24)40-31(41-32)26-15-25-28(36-19-37-30(25)39-26)22-16-38-43(17-22)27(11-13-33)21-5-3-4-6-21/h12,14-17,19-21,23,27,34H,3-11,18H2,1-2H3,(H,35,40,41)(H,36,37,39)/t20-,23-,27-/m1/s1. The Labute approximate surface area is 267 Å². The van der Waals surface area contributed by atoms with Crippen molar-refractivity contribution in [2.24, 2.45) is 11.8 Å². The van der Waals surface area contributed by atoms with Crippen LogP contribution in [0.5, 0.6) is 0 Å². The molecule has 0 radical (unpaired) electrons. The molecule has 0 aliphatic heterocycles. The van der Waals surface area contributed by atoms with Gasteiger partial charge in [-0.05, 0) is 69.5 Å². The molecule has 46 heavy (non-hydrogen) atoms. The van der Waals surface area contributed by atoms with Crippen molar-refractivity contribution in [1.82, 2.24) is 44.4 Å². The van der Waals surface area contributed by atoms with Crippen molar-refractivity contribution in [3.63, 3.8) is 0 Å². The molecule has 0 unspecified atom stereocenters. The van der Waals surface area contributed by atoms with Crippen LogP contribution in [0.4, 0.5) is 5.82 Å². The molecule has 2 aliphatic rings. The van der Waals surface area contributed by atoms with Crippen molar-refractivity contribution >= 4 is 37.9 Å². The molecule has 5 aromatic heterocycles. The summed E-state index contributed by atoms with van der Waals surface area (Å²) in [5.41, 5.74) is 3.78. The Morgan fingerprint density at radius 3 is 2.67 bits per heavy atom. The Morgan fingerprint density at radius 1 is 1.11 bits per heavy atom.